The Bertz CT molecular complexity index is 237. The van der Waals surface area contributed by atoms with Crippen LogP contribution in [-0.4, -0.2) is 7.85 Å². The van der Waals surface area contributed by atoms with Crippen molar-refractivity contribution >= 4 is 30.4 Å². The highest BCUT2D eigenvalue weighted by Gasteiger charge is 1.97. The first-order valence-electron chi connectivity index (χ1n) is 3.18. The highest BCUT2D eigenvalue weighted by atomic mass is 127. The molecule has 0 aliphatic rings. The van der Waals surface area contributed by atoms with Crippen LogP contribution in [0.25, 0.3) is 0 Å². The molecule has 1 rings (SSSR count). The summed E-state index contributed by atoms with van der Waals surface area (Å²) in [5.41, 5.74) is 1.21. The van der Waals surface area contributed by atoms with Crippen molar-refractivity contribution in [1.82, 2.24) is 0 Å². The first kappa shape index (κ1) is 8.05. The molecular formula is C7H7BFI. The Morgan fingerprint density at radius 2 is 2.20 bits per heavy atom. The number of benzene rings is 1. The fourth-order valence-electron chi connectivity index (χ4n) is 0.808. The van der Waals surface area contributed by atoms with Crippen molar-refractivity contribution in [2.45, 2.75) is 6.32 Å². The number of hydrogen-bond donors (Lipinski definition) is 0. The van der Waals surface area contributed by atoms with Crippen LogP contribution in [-0.2, 0) is 6.32 Å². The molecule has 0 spiro atoms. The van der Waals surface area contributed by atoms with Crippen LogP contribution in [0.3, 0.4) is 0 Å². The summed E-state index contributed by atoms with van der Waals surface area (Å²) in [5, 5.41) is 0. The molecule has 0 amide bonds. The van der Waals surface area contributed by atoms with Gasteiger partial charge in [-0.25, -0.2) is 4.39 Å². The van der Waals surface area contributed by atoms with Gasteiger partial charge in [-0.1, -0.05) is 12.4 Å². The summed E-state index contributed by atoms with van der Waals surface area (Å²) in [6.45, 7) is 0. The van der Waals surface area contributed by atoms with Crippen molar-refractivity contribution in [3.05, 3.63) is 33.1 Å². The number of halogens is 2. The molecule has 1 aromatic carbocycles. The molecule has 1 aromatic rings. The van der Waals surface area contributed by atoms with Gasteiger partial charge in [-0.15, -0.1) is 0 Å². The summed E-state index contributed by atoms with van der Waals surface area (Å²) in [6, 6.07) is 4.89. The van der Waals surface area contributed by atoms with Gasteiger partial charge in [0.2, 0.25) is 0 Å². The molecule has 10 heavy (non-hydrogen) atoms. The van der Waals surface area contributed by atoms with Crippen LogP contribution >= 0.6 is 22.6 Å². The van der Waals surface area contributed by atoms with E-state index in [1.54, 1.807) is 6.07 Å². The summed E-state index contributed by atoms with van der Waals surface area (Å²) < 4.78 is 13.5. The highest BCUT2D eigenvalue weighted by Crippen LogP contribution is 2.12. The van der Waals surface area contributed by atoms with Crippen LogP contribution in [0.4, 0.5) is 4.39 Å². The molecule has 0 heterocycles. The lowest BCUT2D eigenvalue weighted by Crippen LogP contribution is -1.88. The van der Waals surface area contributed by atoms with Crippen molar-refractivity contribution in [3.8, 4) is 0 Å². The van der Waals surface area contributed by atoms with Gasteiger partial charge in [0.25, 0.3) is 0 Å². The maximum Gasteiger partial charge on any atom is 0.124 e. The van der Waals surface area contributed by atoms with E-state index in [2.05, 4.69) is 30.4 Å². The normalized spacial score (nSPS) is 9.80. The van der Waals surface area contributed by atoms with Gasteiger partial charge in [0.1, 0.15) is 13.7 Å². The van der Waals surface area contributed by atoms with E-state index in [0.29, 0.717) is 0 Å². The molecule has 52 valence electrons. The Morgan fingerprint density at radius 1 is 1.50 bits per heavy atom. The minimum Gasteiger partial charge on any atom is -0.207 e. The van der Waals surface area contributed by atoms with Gasteiger partial charge in [0.05, 0.1) is 0 Å². The summed E-state index contributed by atoms with van der Waals surface area (Å²) in [4.78, 5) is 0. The lowest BCUT2D eigenvalue weighted by Gasteiger charge is -1.98. The third-order valence-corrected chi connectivity index (χ3v) is 2.40. The van der Waals surface area contributed by atoms with E-state index >= 15 is 0 Å². The Hall–Kier alpha value is -0.0551. The predicted octanol–water partition coefficient (Wildman–Crippen LogP) is 1.56. The average Bonchev–Trinajstić information content (AvgIpc) is 1.88. The first-order valence-corrected chi connectivity index (χ1v) is 4.26. The van der Waals surface area contributed by atoms with Gasteiger partial charge in [0, 0.05) is 3.57 Å². The largest absolute Gasteiger partial charge is 0.207 e. The van der Waals surface area contributed by atoms with Crippen LogP contribution in [0.15, 0.2) is 18.2 Å². The Kier molecular flexibility index (Phi) is 2.71. The van der Waals surface area contributed by atoms with E-state index < -0.39 is 0 Å². The molecule has 0 aromatic heterocycles. The third-order valence-electron chi connectivity index (χ3n) is 1.40. The molecule has 3 heteroatoms. The quantitative estimate of drug-likeness (QED) is 0.522. The second kappa shape index (κ2) is 3.37. The van der Waals surface area contributed by atoms with Crippen molar-refractivity contribution in [3.63, 3.8) is 0 Å². The molecule has 0 bridgehead atoms. The molecule has 0 aliphatic carbocycles. The zero-order valence-electron chi connectivity index (χ0n) is 5.70. The number of rotatable bonds is 1. The van der Waals surface area contributed by atoms with Crippen molar-refractivity contribution in [2.24, 2.45) is 0 Å². The molecule has 0 nitrogen and oxygen atoms in total. The van der Waals surface area contributed by atoms with Crippen LogP contribution < -0.4 is 0 Å². The second-order valence-corrected chi connectivity index (χ2v) is 3.25. The van der Waals surface area contributed by atoms with Gasteiger partial charge in [-0.2, -0.15) is 0 Å². The number of hydrogen-bond acceptors (Lipinski definition) is 0. The fourth-order valence-corrected chi connectivity index (χ4v) is 1.67. The van der Waals surface area contributed by atoms with E-state index in [-0.39, 0.29) is 5.82 Å². The van der Waals surface area contributed by atoms with Crippen molar-refractivity contribution < 1.29 is 4.39 Å². The van der Waals surface area contributed by atoms with E-state index in [0.717, 1.165) is 9.89 Å². The predicted molar refractivity (Wildman–Crippen MR) is 51.4 cm³/mol. The van der Waals surface area contributed by atoms with Crippen LogP contribution in [0, 0.1) is 9.39 Å². The Balaban J connectivity index is 3.07. The molecule has 0 atom stereocenters. The molecule has 0 N–H and O–H groups in total. The second-order valence-electron chi connectivity index (χ2n) is 2.09. The molecular weight excluding hydrogens is 241 g/mol. The Labute approximate surface area is 74.4 Å². The lowest BCUT2D eigenvalue weighted by molar-refractivity contribution is 0.626. The molecule has 0 fully saturated rings. The highest BCUT2D eigenvalue weighted by molar-refractivity contribution is 14.1. The van der Waals surface area contributed by atoms with E-state index in [1.807, 2.05) is 6.07 Å². The minimum atomic E-state index is -0.151. The van der Waals surface area contributed by atoms with Gasteiger partial charge in [0.15, 0.2) is 0 Å². The van der Waals surface area contributed by atoms with Crippen molar-refractivity contribution in [2.75, 3.05) is 0 Å². The van der Waals surface area contributed by atoms with Gasteiger partial charge >= 0.3 is 0 Å². The summed E-state index contributed by atoms with van der Waals surface area (Å²) in [6.07, 6.45) is 0.971. The molecule has 0 unspecified atom stereocenters. The summed E-state index contributed by atoms with van der Waals surface area (Å²) >= 11 is 2.15. The molecule has 0 saturated carbocycles. The summed E-state index contributed by atoms with van der Waals surface area (Å²) in [5.74, 6) is -0.151. The SMILES string of the molecule is BCc1ccc(F)cc1I. The van der Waals surface area contributed by atoms with Crippen LogP contribution in [0.1, 0.15) is 5.56 Å². The standard InChI is InChI=1S/C7H7BFI/c8-4-5-1-2-6(9)3-7(5)10/h1-3H,4,8H2. The Morgan fingerprint density at radius 3 is 2.70 bits per heavy atom. The topological polar surface area (TPSA) is 0 Å². The molecule has 0 saturated heterocycles. The minimum absolute atomic E-state index is 0.151. The van der Waals surface area contributed by atoms with Gasteiger partial charge in [-0.05, 0) is 40.3 Å². The van der Waals surface area contributed by atoms with Crippen LogP contribution in [0.2, 0.25) is 0 Å². The fraction of sp³-hybridized carbons (Fsp3) is 0.143. The summed E-state index contributed by atoms with van der Waals surface area (Å²) in [7, 11) is 2.06. The van der Waals surface area contributed by atoms with E-state index in [4.69, 9.17) is 0 Å². The average molecular weight is 248 g/mol. The maximum atomic E-state index is 12.5. The first-order chi connectivity index (χ1) is 4.74. The smallest absolute Gasteiger partial charge is 0.124 e. The maximum absolute atomic E-state index is 12.5. The zero-order chi connectivity index (χ0) is 7.56. The van der Waals surface area contributed by atoms with Gasteiger partial charge in [-0.3, -0.25) is 0 Å². The van der Waals surface area contributed by atoms with E-state index in [9.17, 15) is 4.39 Å². The van der Waals surface area contributed by atoms with Crippen molar-refractivity contribution in [1.29, 1.82) is 0 Å². The molecule has 0 radical (unpaired) electrons. The van der Waals surface area contributed by atoms with Gasteiger partial charge < -0.3 is 0 Å². The molecule has 0 aliphatic heterocycles. The van der Waals surface area contributed by atoms with E-state index in [1.165, 1.54) is 11.6 Å². The zero-order valence-corrected chi connectivity index (χ0v) is 7.85. The monoisotopic (exact) mass is 248 g/mol. The lowest BCUT2D eigenvalue weighted by atomic mass is 9.97. The third kappa shape index (κ3) is 1.72. The van der Waals surface area contributed by atoms with Crippen LogP contribution in [0.5, 0.6) is 0 Å².